The molecule has 2 atom stereocenters. The lowest BCUT2D eigenvalue weighted by Crippen LogP contribution is -2.34. The Morgan fingerprint density at radius 1 is 1.42 bits per heavy atom. The molecule has 2 unspecified atom stereocenters. The Morgan fingerprint density at radius 2 is 2.16 bits per heavy atom. The van der Waals surface area contributed by atoms with Gasteiger partial charge in [-0.05, 0) is 36.7 Å². The van der Waals surface area contributed by atoms with Crippen LogP contribution in [-0.2, 0) is 0 Å². The average molecular weight is 261 g/mol. The van der Waals surface area contributed by atoms with Gasteiger partial charge in [0.05, 0.1) is 0 Å². The first-order valence-electron chi connectivity index (χ1n) is 6.84. The molecular weight excluding hydrogens is 238 g/mol. The smallest absolute Gasteiger partial charge is 0.214 e. The van der Waals surface area contributed by atoms with E-state index in [9.17, 15) is 0 Å². The van der Waals surface area contributed by atoms with Crippen molar-refractivity contribution >= 4 is 5.84 Å². The van der Waals surface area contributed by atoms with E-state index in [0.717, 1.165) is 12.8 Å². The van der Waals surface area contributed by atoms with E-state index in [2.05, 4.69) is 25.8 Å². The number of ether oxygens (including phenoxy) is 1. The number of nitrogen functional groups attached to an aromatic ring is 1. The van der Waals surface area contributed by atoms with Gasteiger partial charge in [-0.3, -0.25) is 5.41 Å². The Hall–Kier alpha value is -1.58. The minimum atomic E-state index is -0.0252. The Morgan fingerprint density at radius 3 is 2.79 bits per heavy atom. The van der Waals surface area contributed by atoms with Crippen LogP contribution in [0.5, 0.6) is 5.88 Å². The lowest BCUT2D eigenvalue weighted by atomic mass is 9.71. The van der Waals surface area contributed by atoms with E-state index in [4.69, 9.17) is 15.9 Å². The number of hydrogen-bond donors (Lipinski definition) is 2. The molecule has 4 nitrogen and oxygen atoms in total. The maximum Gasteiger partial charge on any atom is 0.214 e. The average Bonchev–Trinajstić information content (AvgIpc) is 2.26. The zero-order valence-electron chi connectivity index (χ0n) is 11.9. The number of nitrogens with one attached hydrogen (secondary N) is 1. The molecule has 1 aliphatic rings. The molecule has 1 heterocycles. The highest BCUT2D eigenvalue weighted by Gasteiger charge is 2.33. The largest absolute Gasteiger partial charge is 0.474 e. The first kappa shape index (κ1) is 13.8. The molecule has 0 saturated heterocycles. The summed E-state index contributed by atoms with van der Waals surface area (Å²) in [4.78, 5) is 4.27. The van der Waals surface area contributed by atoms with Crippen LogP contribution in [0.2, 0.25) is 0 Å². The van der Waals surface area contributed by atoms with Crippen LogP contribution in [0.4, 0.5) is 0 Å². The number of amidine groups is 1. The third-order valence-corrected chi connectivity index (χ3v) is 3.63. The van der Waals surface area contributed by atoms with Crippen LogP contribution in [0.25, 0.3) is 0 Å². The molecule has 1 fully saturated rings. The van der Waals surface area contributed by atoms with Gasteiger partial charge in [0.25, 0.3) is 0 Å². The summed E-state index contributed by atoms with van der Waals surface area (Å²) in [5.41, 5.74) is 6.24. The fourth-order valence-corrected chi connectivity index (χ4v) is 3.15. The highest BCUT2D eigenvalue weighted by molar-refractivity contribution is 5.93. The zero-order chi connectivity index (χ0) is 14.0. The van der Waals surface area contributed by atoms with E-state index in [0.29, 0.717) is 22.9 Å². The van der Waals surface area contributed by atoms with Gasteiger partial charge in [0.15, 0.2) is 0 Å². The summed E-state index contributed by atoms with van der Waals surface area (Å²) in [5, 5.41) is 7.41. The van der Waals surface area contributed by atoms with Crippen LogP contribution in [0.3, 0.4) is 0 Å². The molecule has 0 radical (unpaired) electrons. The second-order valence-electron chi connectivity index (χ2n) is 6.43. The van der Waals surface area contributed by atoms with Crippen molar-refractivity contribution in [3.8, 4) is 5.88 Å². The van der Waals surface area contributed by atoms with Crippen LogP contribution in [-0.4, -0.2) is 16.9 Å². The van der Waals surface area contributed by atoms with Gasteiger partial charge in [-0.2, -0.15) is 0 Å². The van der Waals surface area contributed by atoms with Crippen molar-refractivity contribution in [3.05, 3.63) is 23.9 Å². The first-order valence-corrected chi connectivity index (χ1v) is 6.84. The minimum absolute atomic E-state index is 0.0252. The highest BCUT2D eigenvalue weighted by atomic mass is 16.5. The maximum atomic E-state index is 7.41. The molecule has 1 aliphatic carbocycles. The fraction of sp³-hybridized carbons (Fsp3) is 0.600. The van der Waals surface area contributed by atoms with Crippen molar-refractivity contribution in [1.29, 1.82) is 5.41 Å². The Bertz CT molecular complexity index is 470. The van der Waals surface area contributed by atoms with Gasteiger partial charge in [0.2, 0.25) is 5.88 Å². The molecule has 1 aromatic rings. The van der Waals surface area contributed by atoms with Gasteiger partial charge in [-0.1, -0.05) is 26.8 Å². The predicted octanol–water partition coefficient (Wildman–Crippen LogP) is 2.96. The first-order chi connectivity index (χ1) is 8.85. The van der Waals surface area contributed by atoms with E-state index in [1.807, 2.05) is 12.1 Å². The van der Waals surface area contributed by atoms with Crippen molar-refractivity contribution in [2.24, 2.45) is 17.1 Å². The number of nitrogens with two attached hydrogens (primary N) is 1. The van der Waals surface area contributed by atoms with E-state index < -0.39 is 0 Å². The van der Waals surface area contributed by atoms with Crippen molar-refractivity contribution < 1.29 is 4.74 Å². The zero-order valence-corrected chi connectivity index (χ0v) is 11.9. The topological polar surface area (TPSA) is 72.0 Å². The third kappa shape index (κ3) is 3.69. The summed E-state index contributed by atoms with van der Waals surface area (Å²) in [7, 11) is 0. The van der Waals surface area contributed by atoms with Gasteiger partial charge in [-0.15, -0.1) is 0 Å². The molecule has 0 aromatic carbocycles. The van der Waals surface area contributed by atoms with Crippen LogP contribution >= 0.6 is 0 Å². The van der Waals surface area contributed by atoms with Crippen LogP contribution in [0.1, 0.15) is 45.7 Å². The summed E-state index contributed by atoms with van der Waals surface area (Å²) >= 11 is 0. The molecule has 4 heteroatoms. The van der Waals surface area contributed by atoms with Gasteiger partial charge >= 0.3 is 0 Å². The second kappa shape index (κ2) is 5.19. The Labute approximate surface area is 114 Å². The number of hydrogen-bond acceptors (Lipinski definition) is 3. The molecule has 0 bridgehead atoms. The Kier molecular flexibility index (Phi) is 3.78. The normalized spacial score (nSPS) is 25.8. The summed E-state index contributed by atoms with van der Waals surface area (Å²) in [6, 6.07) is 5.39. The van der Waals surface area contributed by atoms with Gasteiger partial charge in [0, 0.05) is 6.07 Å². The number of nitrogens with zero attached hydrogens (tertiary/aromatic N) is 1. The minimum Gasteiger partial charge on any atom is -0.474 e. The van der Waals surface area contributed by atoms with Crippen molar-refractivity contribution in [1.82, 2.24) is 4.98 Å². The van der Waals surface area contributed by atoms with Gasteiger partial charge < -0.3 is 10.5 Å². The molecule has 1 saturated carbocycles. The van der Waals surface area contributed by atoms with E-state index in [-0.39, 0.29) is 11.9 Å². The lowest BCUT2D eigenvalue weighted by Gasteiger charge is -2.38. The molecule has 104 valence electrons. The van der Waals surface area contributed by atoms with E-state index in [1.54, 1.807) is 6.07 Å². The molecule has 3 N–H and O–H groups in total. The van der Waals surface area contributed by atoms with Crippen molar-refractivity contribution in [2.75, 3.05) is 0 Å². The molecule has 2 rings (SSSR count). The molecule has 0 aliphatic heterocycles. The standard InChI is InChI=1S/C15H23N3O/c1-10-7-11(9-15(2,3)8-10)19-13-6-4-5-12(18-13)14(16)17/h4-6,10-11H,7-9H2,1-3H3,(H3,16,17). The van der Waals surface area contributed by atoms with Gasteiger partial charge in [-0.25, -0.2) is 4.98 Å². The third-order valence-electron chi connectivity index (χ3n) is 3.63. The maximum absolute atomic E-state index is 7.41. The molecule has 0 amide bonds. The lowest BCUT2D eigenvalue weighted by molar-refractivity contribution is 0.0532. The number of aromatic nitrogens is 1. The summed E-state index contributed by atoms with van der Waals surface area (Å²) in [6.45, 7) is 6.85. The monoisotopic (exact) mass is 261 g/mol. The Balaban J connectivity index is 2.08. The quantitative estimate of drug-likeness (QED) is 0.649. The SMILES string of the molecule is CC1CC(Oc2cccc(C(=N)N)n2)CC(C)(C)C1. The van der Waals surface area contributed by atoms with E-state index >= 15 is 0 Å². The number of rotatable bonds is 3. The number of pyridine rings is 1. The predicted molar refractivity (Wildman–Crippen MR) is 76.5 cm³/mol. The van der Waals surface area contributed by atoms with Crippen LogP contribution < -0.4 is 10.5 Å². The molecular formula is C15H23N3O. The van der Waals surface area contributed by atoms with Crippen molar-refractivity contribution in [3.63, 3.8) is 0 Å². The summed E-state index contributed by atoms with van der Waals surface area (Å²) in [6.07, 6.45) is 3.56. The summed E-state index contributed by atoms with van der Waals surface area (Å²) < 4.78 is 5.99. The van der Waals surface area contributed by atoms with E-state index in [1.165, 1.54) is 6.42 Å². The van der Waals surface area contributed by atoms with Gasteiger partial charge in [0.1, 0.15) is 17.6 Å². The van der Waals surface area contributed by atoms with Crippen LogP contribution in [0.15, 0.2) is 18.2 Å². The molecule has 19 heavy (non-hydrogen) atoms. The molecule has 0 spiro atoms. The summed E-state index contributed by atoms with van der Waals surface area (Å²) in [5.74, 6) is 1.22. The van der Waals surface area contributed by atoms with Crippen LogP contribution in [0, 0.1) is 16.7 Å². The molecule has 1 aromatic heterocycles. The van der Waals surface area contributed by atoms with Crippen molar-refractivity contribution in [2.45, 2.75) is 46.1 Å². The second-order valence-corrected chi connectivity index (χ2v) is 6.43. The fourth-order valence-electron chi connectivity index (χ4n) is 3.15. The highest BCUT2D eigenvalue weighted by Crippen LogP contribution is 2.39.